The van der Waals surface area contributed by atoms with Crippen molar-refractivity contribution in [3.63, 3.8) is 0 Å². The van der Waals surface area contributed by atoms with Crippen molar-refractivity contribution in [1.29, 1.82) is 0 Å². The van der Waals surface area contributed by atoms with Crippen molar-refractivity contribution in [1.82, 2.24) is 0 Å². The summed E-state index contributed by atoms with van der Waals surface area (Å²) in [7, 11) is 8.37. The highest BCUT2D eigenvalue weighted by Gasteiger charge is 2.31. The second kappa shape index (κ2) is 7.70. The number of thiol groups is 1. The molecule has 3 nitrogen and oxygen atoms in total. The summed E-state index contributed by atoms with van der Waals surface area (Å²) in [6.45, 7) is 1.89. The van der Waals surface area contributed by atoms with Crippen LogP contribution in [-0.2, 0) is 10.6 Å². The van der Waals surface area contributed by atoms with Gasteiger partial charge in [0.2, 0.25) is 0 Å². The fourth-order valence-electron chi connectivity index (χ4n) is 1.98. The summed E-state index contributed by atoms with van der Waals surface area (Å²) in [5, 5.41) is 0. The molecule has 1 atom stereocenters. The van der Waals surface area contributed by atoms with Crippen LogP contribution in [0.2, 0.25) is 0 Å². The maximum atomic E-state index is 6.16. The predicted molar refractivity (Wildman–Crippen MR) is 96.4 cm³/mol. The summed E-state index contributed by atoms with van der Waals surface area (Å²) >= 11 is 3.90. The Hall–Kier alpha value is -0.455. The van der Waals surface area contributed by atoms with Gasteiger partial charge in [-0.05, 0) is 68.6 Å². The number of rotatable bonds is 8. The fourth-order valence-corrected chi connectivity index (χ4v) is 4.06. The van der Waals surface area contributed by atoms with Gasteiger partial charge in [0.25, 0.3) is 0 Å². The first-order chi connectivity index (χ1) is 9.77. The van der Waals surface area contributed by atoms with Crippen molar-refractivity contribution in [3.05, 3.63) is 23.8 Å². The summed E-state index contributed by atoms with van der Waals surface area (Å²) in [4.78, 5) is -0.673. The molecular weight excluding hydrogens is 303 g/mol. The fraction of sp³-hybridized carbons (Fsp3) is 0.600. The Morgan fingerprint density at radius 3 is 2.33 bits per heavy atom. The van der Waals surface area contributed by atoms with Crippen LogP contribution in [0.5, 0.6) is 11.5 Å². The number of hydrogen-bond donors (Lipinski definition) is 1. The Kier molecular flexibility index (Phi) is 6.82. The van der Waals surface area contributed by atoms with Crippen LogP contribution in [0, 0.1) is 0 Å². The monoisotopic (exact) mass is 328 g/mol. The van der Waals surface area contributed by atoms with Gasteiger partial charge < -0.3 is 13.7 Å². The van der Waals surface area contributed by atoms with Crippen molar-refractivity contribution in [3.8, 4) is 11.5 Å². The highest BCUT2D eigenvalue weighted by molar-refractivity contribution is 8.34. The molecule has 2 radical (unpaired) electrons. The molecule has 0 aliphatic heterocycles. The molecule has 0 amide bonds. The molecular formula is C15H25BO3S2. The van der Waals surface area contributed by atoms with Crippen LogP contribution in [-0.4, -0.2) is 45.2 Å². The van der Waals surface area contributed by atoms with Crippen molar-refractivity contribution < 1.29 is 13.7 Å². The molecule has 0 aromatic heterocycles. The number of aryl methyl sites for hydroxylation is 1. The molecule has 0 heterocycles. The van der Waals surface area contributed by atoms with E-state index in [2.05, 4.69) is 31.5 Å². The van der Waals surface area contributed by atoms with Crippen molar-refractivity contribution in [2.75, 3.05) is 32.5 Å². The lowest BCUT2D eigenvalue weighted by Gasteiger charge is -2.45. The maximum Gasteiger partial charge on any atom is 0.160 e. The van der Waals surface area contributed by atoms with Gasteiger partial charge in [0.15, 0.2) is 11.5 Å². The van der Waals surface area contributed by atoms with Crippen LogP contribution < -0.4 is 9.47 Å². The van der Waals surface area contributed by atoms with Gasteiger partial charge in [0.05, 0.1) is 19.1 Å². The highest BCUT2D eigenvalue weighted by Crippen LogP contribution is 2.53. The Morgan fingerprint density at radius 1 is 1.19 bits per heavy atom. The Balaban J connectivity index is 2.64. The van der Waals surface area contributed by atoms with Gasteiger partial charge in [-0.3, -0.25) is 0 Å². The molecule has 1 rings (SSSR count). The van der Waals surface area contributed by atoms with Crippen LogP contribution in [0.1, 0.15) is 18.9 Å². The molecule has 0 N–H and O–H groups in total. The van der Waals surface area contributed by atoms with Crippen LogP contribution in [0.25, 0.3) is 0 Å². The van der Waals surface area contributed by atoms with Gasteiger partial charge in [-0.15, -0.1) is 0 Å². The summed E-state index contributed by atoms with van der Waals surface area (Å²) in [6.07, 6.45) is 6.37. The minimum Gasteiger partial charge on any atom is -0.493 e. The zero-order valence-corrected chi connectivity index (χ0v) is 15.2. The van der Waals surface area contributed by atoms with E-state index in [-0.39, 0.29) is 0 Å². The standard InChI is InChI=1S/C15H25BO3S2/c1-15(16,19-20)21(4,5)10-6-7-12-8-9-13(17-2)14(11-12)18-3/h8-9,11,20H,6-7,10H2,1-5H3. The first-order valence-electron chi connectivity index (χ1n) is 6.80. The van der Waals surface area contributed by atoms with E-state index < -0.39 is 14.9 Å². The molecule has 0 aliphatic rings. The van der Waals surface area contributed by atoms with E-state index in [4.69, 9.17) is 21.5 Å². The van der Waals surface area contributed by atoms with Crippen molar-refractivity contribution >= 4 is 30.8 Å². The molecule has 0 aliphatic carbocycles. The minimum absolute atomic E-state index is 0.673. The molecule has 0 spiro atoms. The van der Waals surface area contributed by atoms with Crippen molar-refractivity contribution in [2.24, 2.45) is 0 Å². The lowest BCUT2D eigenvalue weighted by molar-refractivity contribution is 0.322. The average molecular weight is 328 g/mol. The number of benzene rings is 1. The smallest absolute Gasteiger partial charge is 0.160 e. The largest absolute Gasteiger partial charge is 0.493 e. The molecule has 6 heteroatoms. The van der Waals surface area contributed by atoms with Crippen LogP contribution in [0.3, 0.4) is 0 Å². The topological polar surface area (TPSA) is 27.7 Å². The SMILES string of the molecule is [B]C(C)(OS)S(C)(C)CCCc1ccc(OC)c(OC)c1. The zero-order valence-electron chi connectivity index (χ0n) is 13.5. The summed E-state index contributed by atoms with van der Waals surface area (Å²) in [5.74, 6) is 2.55. The van der Waals surface area contributed by atoms with Gasteiger partial charge in [-0.1, -0.05) is 6.07 Å². The third kappa shape index (κ3) is 4.76. The summed E-state index contributed by atoms with van der Waals surface area (Å²) < 4.78 is 15.7. The van der Waals surface area contributed by atoms with Crippen LogP contribution in [0.4, 0.5) is 0 Å². The number of hydrogen-bond acceptors (Lipinski definition) is 4. The highest BCUT2D eigenvalue weighted by atomic mass is 32.3. The first kappa shape index (κ1) is 18.6. The normalized spacial score (nSPS) is 15.3. The lowest BCUT2D eigenvalue weighted by Crippen LogP contribution is -2.34. The lowest BCUT2D eigenvalue weighted by atomic mass is 10.0. The molecule has 0 saturated heterocycles. The maximum absolute atomic E-state index is 6.16. The second-order valence-electron chi connectivity index (χ2n) is 5.64. The Labute approximate surface area is 137 Å². The first-order valence-corrected chi connectivity index (χ1v) is 9.78. The second-order valence-corrected chi connectivity index (χ2v) is 10.1. The molecule has 0 saturated carbocycles. The van der Waals surface area contributed by atoms with Crippen molar-refractivity contribution in [2.45, 2.75) is 24.6 Å². The Morgan fingerprint density at radius 2 is 1.81 bits per heavy atom. The quantitative estimate of drug-likeness (QED) is 0.450. The molecule has 1 unspecified atom stereocenters. The number of ether oxygens (including phenoxy) is 2. The number of methoxy groups -OCH3 is 2. The van der Waals surface area contributed by atoms with E-state index in [9.17, 15) is 0 Å². The van der Waals surface area contributed by atoms with Gasteiger partial charge in [0.1, 0.15) is 7.85 Å². The molecule has 1 aromatic carbocycles. The summed E-state index contributed by atoms with van der Waals surface area (Å²) in [5.41, 5.74) is 1.23. The van der Waals surface area contributed by atoms with E-state index in [1.54, 1.807) is 14.2 Å². The molecule has 0 bridgehead atoms. The third-order valence-electron chi connectivity index (χ3n) is 3.85. The molecule has 0 fully saturated rings. The predicted octanol–water partition coefficient (Wildman–Crippen LogP) is 3.40. The van der Waals surface area contributed by atoms with Crippen LogP contribution >= 0.6 is 22.9 Å². The van der Waals surface area contributed by atoms with Gasteiger partial charge in [0, 0.05) is 0 Å². The average Bonchev–Trinajstić information content (AvgIpc) is 2.46. The molecule has 118 valence electrons. The molecule has 21 heavy (non-hydrogen) atoms. The van der Waals surface area contributed by atoms with E-state index >= 15 is 0 Å². The third-order valence-corrected chi connectivity index (χ3v) is 7.94. The Bertz CT molecular complexity index is 464. The van der Waals surface area contributed by atoms with E-state index in [1.807, 2.05) is 19.1 Å². The summed E-state index contributed by atoms with van der Waals surface area (Å²) in [6, 6.07) is 6.04. The van der Waals surface area contributed by atoms with E-state index in [1.165, 1.54) is 5.56 Å². The molecule has 1 aromatic rings. The van der Waals surface area contributed by atoms with Gasteiger partial charge in [-0.25, -0.2) is 10.0 Å². The van der Waals surface area contributed by atoms with Crippen LogP contribution in [0.15, 0.2) is 18.2 Å². The minimum atomic E-state index is -1.09. The van der Waals surface area contributed by atoms with E-state index in [0.29, 0.717) is 0 Å². The van der Waals surface area contributed by atoms with Gasteiger partial charge >= 0.3 is 0 Å². The zero-order chi connectivity index (χ0) is 16.1. The van der Waals surface area contributed by atoms with E-state index in [0.717, 1.165) is 30.1 Å². The van der Waals surface area contributed by atoms with Gasteiger partial charge in [-0.2, -0.15) is 0 Å².